The topological polar surface area (TPSA) is 41.6 Å². The number of hydrogen-bond donors (Lipinski definition) is 1. The van der Waals surface area contributed by atoms with E-state index in [2.05, 4.69) is 10.2 Å². The van der Waals surface area contributed by atoms with Gasteiger partial charge < -0.3 is 15.0 Å². The van der Waals surface area contributed by atoms with Crippen molar-refractivity contribution in [1.82, 2.24) is 0 Å². The molecule has 104 valence electrons. The minimum Gasteiger partial charge on any atom is -0.378 e. The molecule has 4 nitrogen and oxygen atoms in total. The molecule has 1 atom stereocenters. The van der Waals surface area contributed by atoms with Crippen molar-refractivity contribution < 1.29 is 9.53 Å². The fourth-order valence-corrected chi connectivity index (χ4v) is 2.12. The molecule has 1 N–H and O–H groups in total. The molecule has 1 aromatic carbocycles. The Bertz CT molecular complexity index is 457. The standard InChI is InChI=1S/C14H19ClN2O2/c1-10-3-4-13(17-5-7-19-8-6-17)12(9-10)16-14(18)11(2)15/h3-4,9,11H,5-8H2,1-2H3,(H,16,18). The van der Waals surface area contributed by atoms with Crippen LogP contribution in [0.4, 0.5) is 11.4 Å². The molecule has 2 rings (SSSR count). The van der Waals surface area contributed by atoms with Gasteiger partial charge in [-0.1, -0.05) is 6.07 Å². The monoisotopic (exact) mass is 282 g/mol. The fraction of sp³-hybridized carbons (Fsp3) is 0.500. The van der Waals surface area contributed by atoms with Gasteiger partial charge in [0.2, 0.25) is 5.91 Å². The summed E-state index contributed by atoms with van der Waals surface area (Å²) < 4.78 is 5.35. The second kappa shape index (κ2) is 6.26. The van der Waals surface area contributed by atoms with Gasteiger partial charge in [-0.2, -0.15) is 0 Å². The summed E-state index contributed by atoms with van der Waals surface area (Å²) in [6.07, 6.45) is 0. The number of nitrogens with one attached hydrogen (secondary N) is 1. The Hall–Kier alpha value is -1.26. The number of nitrogens with zero attached hydrogens (tertiary/aromatic N) is 1. The van der Waals surface area contributed by atoms with Gasteiger partial charge in [0.1, 0.15) is 5.38 Å². The summed E-state index contributed by atoms with van der Waals surface area (Å²) in [5.74, 6) is -0.179. The number of ether oxygens (including phenoxy) is 1. The number of carbonyl (C=O) groups is 1. The van der Waals surface area contributed by atoms with E-state index >= 15 is 0 Å². The van der Waals surface area contributed by atoms with Crippen LogP contribution >= 0.6 is 11.6 Å². The summed E-state index contributed by atoms with van der Waals surface area (Å²) >= 11 is 5.81. The number of rotatable bonds is 3. The Kier molecular flexibility index (Phi) is 4.66. The van der Waals surface area contributed by atoms with E-state index in [0.29, 0.717) is 13.2 Å². The van der Waals surface area contributed by atoms with Crippen LogP contribution in [0.3, 0.4) is 0 Å². The summed E-state index contributed by atoms with van der Waals surface area (Å²) in [5.41, 5.74) is 2.95. The van der Waals surface area contributed by atoms with Crippen molar-refractivity contribution in [2.45, 2.75) is 19.2 Å². The van der Waals surface area contributed by atoms with E-state index < -0.39 is 5.38 Å². The summed E-state index contributed by atoms with van der Waals surface area (Å²) in [4.78, 5) is 14.0. The molecule has 19 heavy (non-hydrogen) atoms. The van der Waals surface area contributed by atoms with Crippen molar-refractivity contribution in [3.8, 4) is 0 Å². The summed E-state index contributed by atoms with van der Waals surface area (Å²) in [6, 6.07) is 6.06. The van der Waals surface area contributed by atoms with Gasteiger partial charge in [-0.25, -0.2) is 0 Å². The van der Waals surface area contributed by atoms with Gasteiger partial charge in [0.15, 0.2) is 0 Å². The van der Waals surface area contributed by atoms with Crippen molar-refractivity contribution in [1.29, 1.82) is 0 Å². The van der Waals surface area contributed by atoms with Gasteiger partial charge in [-0.05, 0) is 31.5 Å². The van der Waals surface area contributed by atoms with Gasteiger partial charge in [0, 0.05) is 13.1 Å². The first-order valence-corrected chi connectivity index (χ1v) is 6.90. The summed E-state index contributed by atoms with van der Waals surface area (Å²) in [7, 11) is 0. The number of aryl methyl sites for hydroxylation is 1. The van der Waals surface area contributed by atoms with Crippen LogP contribution < -0.4 is 10.2 Å². The predicted molar refractivity (Wildman–Crippen MR) is 78.2 cm³/mol. The van der Waals surface area contributed by atoms with E-state index in [4.69, 9.17) is 16.3 Å². The molecule has 1 amide bonds. The molecule has 1 aliphatic heterocycles. The predicted octanol–water partition coefficient (Wildman–Crippen LogP) is 2.40. The maximum atomic E-state index is 11.8. The summed E-state index contributed by atoms with van der Waals surface area (Å²) in [6.45, 7) is 6.77. The molecule has 0 bridgehead atoms. The van der Waals surface area contributed by atoms with Crippen LogP contribution in [-0.4, -0.2) is 37.6 Å². The molecular weight excluding hydrogens is 264 g/mol. The smallest absolute Gasteiger partial charge is 0.242 e. The molecule has 0 aromatic heterocycles. The molecule has 1 saturated heterocycles. The molecule has 1 aromatic rings. The van der Waals surface area contributed by atoms with Crippen LogP contribution in [0, 0.1) is 6.92 Å². The maximum absolute atomic E-state index is 11.8. The minimum absolute atomic E-state index is 0.179. The molecule has 1 fully saturated rings. The van der Waals surface area contributed by atoms with Crippen LogP contribution in [0.15, 0.2) is 18.2 Å². The number of anilines is 2. The van der Waals surface area contributed by atoms with Gasteiger partial charge in [0.25, 0.3) is 0 Å². The van der Waals surface area contributed by atoms with E-state index in [1.807, 2.05) is 25.1 Å². The first kappa shape index (κ1) is 14.2. The van der Waals surface area contributed by atoms with Gasteiger partial charge in [-0.3, -0.25) is 4.79 Å². The zero-order chi connectivity index (χ0) is 13.8. The molecular formula is C14H19ClN2O2. The lowest BCUT2D eigenvalue weighted by Crippen LogP contribution is -2.37. The fourth-order valence-electron chi connectivity index (χ4n) is 2.06. The molecule has 0 saturated carbocycles. The number of halogens is 1. The molecule has 1 heterocycles. The van der Waals surface area contributed by atoms with Crippen LogP contribution in [0.2, 0.25) is 0 Å². The lowest BCUT2D eigenvalue weighted by atomic mass is 10.1. The zero-order valence-electron chi connectivity index (χ0n) is 11.3. The molecule has 0 radical (unpaired) electrons. The first-order chi connectivity index (χ1) is 9.08. The lowest BCUT2D eigenvalue weighted by Gasteiger charge is -2.30. The van der Waals surface area contributed by atoms with E-state index in [1.165, 1.54) is 0 Å². The quantitative estimate of drug-likeness (QED) is 0.866. The molecule has 0 aliphatic carbocycles. The van der Waals surface area contributed by atoms with Crippen molar-refractivity contribution in [2.24, 2.45) is 0 Å². The van der Waals surface area contributed by atoms with E-state index in [9.17, 15) is 4.79 Å². The lowest BCUT2D eigenvalue weighted by molar-refractivity contribution is -0.115. The van der Waals surface area contributed by atoms with Crippen molar-refractivity contribution in [3.63, 3.8) is 0 Å². The number of morpholine rings is 1. The SMILES string of the molecule is Cc1ccc(N2CCOCC2)c(NC(=O)C(C)Cl)c1. The number of benzene rings is 1. The third-order valence-corrected chi connectivity index (χ3v) is 3.32. The van der Waals surface area contributed by atoms with Crippen LogP contribution in [0.5, 0.6) is 0 Å². The Morgan fingerprint density at radius 1 is 1.42 bits per heavy atom. The largest absolute Gasteiger partial charge is 0.378 e. The average molecular weight is 283 g/mol. The second-order valence-electron chi connectivity index (χ2n) is 4.73. The molecule has 5 heteroatoms. The zero-order valence-corrected chi connectivity index (χ0v) is 12.0. The Morgan fingerprint density at radius 3 is 2.74 bits per heavy atom. The highest BCUT2D eigenvalue weighted by molar-refractivity contribution is 6.32. The number of carbonyl (C=O) groups excluding carboxylic acids is 1. The Morgan fingerprint density at radius 2 is 2.11 bits per heavy atom. The third-order valence-electron chi connectivity index (χ3n) is 3.12. The number of amides is 1. The Balaban J connectivity index is 2.24. The number of hydrogen-bond acceptors (Lipinski definition) is 3. The highest BCUT2D eigenvalue weighted by Crippen LogP contribution is 2.28. The van der Waals surface area contributed by atoms with Crippen LogP contribution in [0.25, 0.3) is 0 Å². The van der Waals surface area contributed by atoms with E-state index in [0.717, 1.165) is 30.0 Å². The average Bonchev–Trinajstić information content (AvgIpc) is 2.39. The second-order valence-corrected chi connectivity index (χ2v) is 5.38. The third kappa shape index (κ3) is 3.61. The van der Waals surface area contributed by atoms with Crippen LogP contribution in [0.1, 0.15) is 12.5 Å². The maximum Gasteiger partial charge on any atom is 0.242 e. The molecule has 1 aliphatic rings. The normalized spacial score (nSPS) is 17.1. The van der Waals surface area contributed by atoms with Crippen LogP contribution in [-0.2, 0) is 9.53 Å². The van der Waals surface area contributed by atoms with Gasteiger partial charge >= 0.3 is 0 Å². The van der Waals surface area contributed by atoms with E-state index in [-0.39, 0.29) is 5.91 Å². The summed E-state index contributed by atoms with van der Waals surface area (Å²) in [5, 5.41) is 2.35. The van der Waals surface area contributed by atoms with Crippen molar-refractivity contribution in [2.75, 3.05) is 36.5 Å². The molecule has 1 unspecified atom stereocenters. The highest BCUT2D eigenvalue weighted by atomic mass is 35.5. The van der Waals surface area contributed by atoms with Crippen molar-refractivity contribution >= 4 is 28.9 Å². The van der Waals surface area contributed by atoms with Crippen molar-refractivity contribution in [3.05, 3.63) is 23.8 Å². The van der Waals surface area contributed by atoms with Gasteiger partial charge in [-0.15, -0.1) is 11.6 Å². The number of alkyl halides is 1. The first-order valence-electron chi connectivity index (χ1n) is 6.46. The highest BCUT2D eigenvalue weighted by Gasteiger charge is 2.17. The molecule has 0 spiro atoms. The van der Waals surface area contributed by atoms with E-state index in [1.54, 1.807) is 6.92 Å². The van der Waals surface area contributed by atoms with Gasteiger partial charge in [0.05, 0.1) is 24.6 Å². The Labute approximate surface area is 118 Å². The minimum atomic E-state index is -0.543.